The molecule has 11 nitrogen and oxygen atoms in total. The molecular weight excluding hydrogens is 382 g/mol. The molecule has 3 rings (SSSR count). The van der Waals surface area contributed by atoms with Crippen LogP contribution in [0.2, 0.25) is 0 Å². The first-order valence-electron chi connectivity index (χ1n) is 8.45. The summed E-state index contributed by atoms with van der Waals surface area (Å²) in [6.45, 7) is -0.775. The fourth-order valence-electron chi connectivity index (χ4n) is 2.53. The van der Waals surface area contributed by atoms with E-state index in [4.69, 9.17) is 5.11 Å². The Bertz CT molecular complexity index is 1110. The summed E-state index contributed by atoms with van der Waals surface area (Å²) < 4.78 is 0. The zero-order valence-electron chi connectivity index (χ0n) is 14.9. The quantitative estimate of drug-likeness (QED) is 0.215. The van der Waals surface area contributed by atoms with Gasteiger partial charge in [0.1, 0.15) is 17.9 Å². The third-order valence-corrected chi connectivity index (χ3v) is 4.06. The van der Waals surface area contributed by atoms with Crippen LogP contribution in [0.4, 0.5) is 11.4 Å². The average molecular weight is 399 g/mol. The molecule has 0 aliphatic heterocycles. The van der Waals surface area contributed by atoms with Gasteiger partial charge in [0.15, 0.2) is 5.69 Å². The first-order chi connectivity index (χ1) is 13.9. The number of aliphatic hydroxyl groups excluding tert-OH is 3. The van der Waals surface area contributed by atoms with E-state index in [1.807, 2.05) is 0 Å². The highest BCUT2D eigenvalue weighted by Crippen LogP contribution is 2.16. The van der Waals surface area contributed by atoms with E-state index in [0.717, 1.165) is 0 Å². The number of hydrogen-bond acceptors (Lipinski definition) is 9. The minimum atomic E-state index is -1.72. The number of aromatic amines is 1. The van der Waals surface area contributed by atoms with E-state index in [0.29, 0.717) is 16.7 Å². The number of hydrogen-bond donors (Lipinski definition) is 5. The van der Waals surface area contributed by atoms with E-state index in [1.165, 1.54) is 24.3 Å². The van der Waals surface area contributed by atoms with Gasteiger partial charge in [0.05, 0.1) is 28.3 Å². The molecule has 2 atom stereocenters. The van der Waals surface area contributed by atoms with Gasteiger partial charge in [0, 0.05) is 12.1 Å². The number of H-pyrrole nitrogens is 1. The van der Waals surface area contributed by atoms with E-state index >= 15 is 0 Å². The Hall–Kier alpha value is -3.67. The lowest BCUT2D eigenvalue weighted by Crippen LogP contribution is -2.40. The monoisotopic (exact) mass is 399 g/mol. The molecule has 0 saturated carbocycles. The fourth-order valence-corrected chi connectivity index (χ4v) is 2.53. The van der Waals surface area contributed by atoms with Crippen LogP contribution < -0.4 is 11.0 Å². The highest BCUT2D eigenvalue weighted by molar-refractivity contribution is 6.03. The molecular formula is C18H17N5O6. The molecule has 1 aromatic heterocycles. The van der Waals surface area contributed by atoms with Gasteiger partial charge < -0.3 is 20.3 Å². The van der Waals surface area contributed by atoms with Crippen molar-refractivity contribution in [1.82, 2.24) is 9.97 Å². The molecule has 3 aromatic rings. The highest BCUT2D eigenvalue weighted by atomic mass is 16.6. The lowest BCUT2D eigenvalue weighted by molar-refractivity contribution is -0.384. The van der Waals surface area contributed by atoms with Gasteiger partial charge in [-0.2, -0.15) is 5.10 Å². The highest BCUT2D eigenvalue weighted by Gasteiger charge is 2.27. The van der Waals surface area contributed by atoms with Crippen LogP contribution in [0.25, 0.3) is 11.0 Å². The predicted molar refractivity (Wildman–Crippen MR) is 105 cm³/mol. The van der Waals surface area contributed by atoms with Crippen molar-refractivity contribution in [2.45, 2.75) is 12.2 Å². The molecule has 0 saturated heterocycles. The van der Waals surface area contributed by atoms with Crippen LogP contribution in [0.15, 0.2) is 58.4 Å². The Morgan fingerprint density at radius 2 is 1.90 bits per heavy atom. The van der Waals surface area contributed by atoms with Gasteiger partial charge in [-0.15, -0.1) is 0 Å². The Morgan fingerprint density at radius 3 is 2.55 bits per heavy atom. The Balaban J connectivity index is 2.03. The van der Waals surface area contributed by atoms with E-state index in [-0.39, 0.29) is 17.1 Å². The van der Waals surface area contributed by atoms with Crippen molar-refractivity contribution in [2.24, 2.45) is 5.10 Å². The van der Waals surface area contributed by atoms with Crippen molar-refractivity contribution in [2.75, 3.05) is 12.0 Å². The van der Waals surface area contributed by atoms with E-state index in [2.05, 4.69) is 20.5 Å². The van der Waals surface area contributed by atoms with Gasteiger partial charge in [-0.05, 0) is 24.3 Å². The van der Waals surface area contributed by atoms with E-state index in [1.54, 1.807) is 24.3 Å². The number of aromatic nitrogens is 2. The van der Waals surface area contributed by atoms with Gasteiger partial charge in [-0.1, -0.05) is 12.1 Å². The zero-order chi connectivity index (χ0) is 21.0. The van der Waals surface area contributed by atoms with Crippen molar-refractivity contribution in [3.8, 4) is 0 Å². The number of nitro groups is 1. The number of rotatable bonds is 7. The Labute approximate surface area is 163 Å². The molecule has 0 aliphatic carbocycles. The van der Waals surface area contributed by atoms with Crippen molar-refractivity contribution >= 4 is 28.1 Å². The van der Waals surface area contributed by atoms with Crippen molar-refractivity contribution in [3.63, 3.8) is 0 Å². The second kappa shape index (κ2) is 8.56. The summed E-state index contributed by atoms with van der Waals surface area (Å²) in [5.74, 6) is 0. The van der Waals surface area contributed by atoms with Gasteiger partial charge in [0.2, 0.25) is 0 Å². The molecule has 0 spiro atoms. The summed E-state index contributed by atoms with van der Waals surface area (Å²) in [4.78, 5) is 29.5. The van der Waals surface area contributed by atoms with Crippen LogP contribution in [0.1, 0.15) is 5.69 Å². The van der Waals surface area contributed by atoms with Crippen LogP contribution in [0.3, 0.4) is 0 Å². The third kappa shape index (κ3) is 4.43. The molecule has 0 amide bonds. The second-order valence-electron chi connectivity index (χ2n) is 6.04. The van der Waals surface area contributed by atoms with Crippen molar-refractivity contribution < 1.29 is 20.2 Å². The van der Waals surface area contributed by atoms with Gasteiger partial charge in [0.25, 0.3) is 11.2 Å². The summed E-state index contributed by atoms with van der Waals surface area (Å²) in [6.07, 6.45) is -3.33. The van der Waals surface area contributed by atoms with Crippen molar-refractivity contribution in [1.29, 1.82) is 0 Å². The number of nitrogens with zero attached hydrogens (tertiary/aromatic N) is 3. The van der Waals surface area contributed by atoms with Crippen molar-refractivity contribution in [3.05, 3.63) is 74.7 Å². The largest absolute Gasteiger partial charge is 0.394 e. The fraction of sp³-hybridized carbons (Fsp3) is 0.167. The Kier molecular flexibility index (Phi) is 5.93. The smallest absolute Gasteiger partial charge is 0.276 e. The lowest BCUT2D eigenvalue weighted by Gasteiger charge is -2.17. The molecule has 5 N–H and O–H groups in total. The van der Waals surface area contributed by atoms with E-state index < -0.39 is 29.3 Å². The molecule has 1 heterocycles. The third-order valence-electron chi connectivity index (χ3n) is 4.06. The standard InChI is InChI=1S/C18H17N5O6/c24-9-14(25)17(26)15(22-21-10-5-7-11(8-6-10)23(28)29)16-18(27)20-13-4-2-1-3-12(13)19-16/h1-8,14,17,21,24-26H,9H2,(H,20,27)/b22-15-. The number of fused-ring (bicyclic) bond motifs is 1. The minimum absolute atomic E-state index is 0.122. The number of non-ortho nitro benzene ring substituents is 1. The molecule has 0 radical (unpaired) electrons. The van der Waals surface area contributed by atoms with E-state index in [9.17, 15) is 25.1 Å². The normalized spacial score (nSPS) is 13.8. The van der Waals surface area contributed by atoms with Crippen LogP contribution in [0.5, 0.6) is 0 Å². The number of nitrogens with one attached hydrogen (secondary N) is 2. The van der Waals surface area contributed by atoms with Crippen LogP contribution >= 0.6 is 0 Å². The van der Waals surface area contributed by atoms with Crippen LogP contribution in [-0.2, 0) is 0 Å². The summed E-state index contributed by atoms with van der Waals surface area (Å²) >= 11 is 0. The second-order valence-corrected chi connectivity index (χ2v) is 6.04. The molecule has 29 heavy (non-hydrogen) atoms. The molecule has 2 unspecified atom stereocenters. The number of hydrazone groups is 1. The Morgan fingerprint density at radius 1 is 1.21 bits per heavy atom. The van der Waals surface area contributed by atoms with Gasteiger partial charge in [-0.3, -0.25) is 20.3 Å². The molecule has 2 aromatic carbocycles. The SMILES string of the molecule is O=c1[nH]c2ccccc2nc1/C(=N/Nc1ccc([N+](=O)[O-])cc1)C(O)C(O)CO. The minimum Gasteiger partial charge on any atom is -0.394 e. The average Bonchev–Trinajstić information content (AvgIpc) is 2.73. The number of anilines is 1. The first kappa shape index (κ1) is 20.1. The van der Waals surface area contributed by atoms with Crippen LogP contribution in [0, 0.1) is 10.1 Å². The van der Waals surface area contributed by atoms with Gasteiger partial charge in [-0.25, -0.2) is 4.98 Å². The summed E-state index contributed by atoms with van der Waals surface area (Å²) in [5, 5.41) is 44.0. The zero-order valence-corrected chi connectivity index (χ0v) is 14.9. The molecule has 11 heteroatoms. The molecule has 150 valence electrons. The summed E-state index contributed by atoms with van der Waals surface area (Å²) in [5.41, 5.74) is 2.46. The number of nitro benzene ring substituents is 1. The molecule has 0 aliphatic rings. The van der Waals surface area contributed by atoms with Crippen LogP contribution in [-0.4, -0.2) is 54.7 Å². The maximum absolute atomic E-state index is 12.5. The summed E-state index contributed by atoms with van der Waals surface area (Å²) in [6, 6.07) is 12.0. The molecule has 0 fully saturated rings. The van der Waals surface area contributed by atoms with Gasteiger partial charge >= 0.3 is 0 Å². The predicted octanol–water partition coefficient (Wildman–Crippen LogP) is 0.362. The number of aliphatic hydroxyl groups is 3. The maximum Gasteiger partial charge on any atom is 0.276 e. The summed E-state index contributed by atoms with van der Waals surface area (Å²) in [7, 11) is 0. The topological polar surface area (TPSA) is 174 Å². The molecule has 0 bridgehead atoms. The lowest BCUT2D eigenvalue weighted by atomic mass is 10.1. The number of benzene rings is 2. The first-order valence-corrected chi connectivity index (χ1v) is 8.45. The maximum atomic E-state index is 12.5. The number of para-hydroxylation sites is 2.